The molecule has 3 aromatic carbocycles. The third kappa shape index (κ3) is 4.91. The zero-order valence-electron chi connectivity index (χ0n) is 22.6. The Bertz CT molecular complexity index is 1410. The molecule has 3 aromatic rings. The monoisotopic (exact) mass is 534 g/mol. The highest BCUT2D eigenvalue weighted by atomic mass is 16.2. The van der Waals surface area contributed by atoms with Gasteiger partial charge < -0.3 is 5.32 Å². The maximum Gasteiger partial charge on any atom is 0.324 e. The van der Waals surface area contributed by atoms with E-state index < -0.39 is 17.7 Å². The lowest BCUT2D eigenvalue weighted by Crippen LogP contribution is -2.53. The number of carbonyl (C=O) groups is 4. The fourth-order valence-electron chi connectivity index (χ4n) is 6.48. The van der Waals surface area contributed by atoms with Gasteiger partial charge in [-0.15, -0.1) is 0 Å². The van der Waals surface area contributed by atoms with Crippen LogP contribution in [0, 0.1) is 0 Å². The largest absolute Gasteiger partial charge is 0.335 e. The number of para-hydroxylation sites is 1. The molecule has 2 aliphatic carbocycles. The third-order valence-corrected chi connectivity index (χ3v) is 8.46. The number of anilines is 1. The number of hydrogen-bond donors (Lipinski definition) is 1. The quantitative estimate of drug-likeness (QED) is 0.325. The molecule has 0 spiro atoms. The molecular weight excluding hydrogens is 501 g/mol. The second-order valence-corrected chi connectivity index (χ2v) is 10.9. The molecular formula is C32H33BN3O4. The molecule has 3 aliphatic rings. The molecule has 0 unspecified atom stereocenters. The van der Waals surface area contributed by atoms with Gasteiger partial charge in [0.15, 0.2) is 0 Å². The van der Waals surface area contributed by atoms with Crippen LogP contribution in [0.4, 0.5) is 10.5 Å². The van der Waals surface area contributed by atoms with Crippen LogP contribution in [0.5, 0.6) is 0 Å². The molecule has 2 saturated carbocycles. The Labute approximate surface area is 236 Å². The lowest BCUT2D eigenvalue weighted by Gasteiger charge is -2.35. The van der Waals surface area contributed by atoms with Crippen molar-refractivity contribution >= 4 is 48.6 Å². The first-order chi connectivity index (χ1) is 19.0. The van der Waals surface area contributed by atoms with Gasteiger partial charge in [-0.05, 0) is 55.3 Å². The lowest BCUT2D eigenvalue weighted by molar-refractivity contribution is 0.0702. The molecule has 5 amide bonds. The van der Waals surface area contributed by atoms with E-state index in [4.69, 9.17) is 0 Å². The van der Waals surface area contributed by atoms with Crippen molar-refractivity contribution in [3.8, 4) is 0 Å². The van der Waals surface area contributed by atoms with Crippen LogP contribution in [0.15, 0.2) is 60.7 Å². The molecule has 1 aliphatic heterocycles. The van der Waals surface area contributed by atoms with Crippen molar-refractivity contribution in [2.45, 2.75) is 76.3 Å². The summed E-state index contributed by atoms with van der Waals surface area (Å²) < 4.78 is 0. The number of hydrogen-bond acceptors (Lipinski definition) is 4. The molecule has 0 bridgehead atoms. The van der Waals surface area contributed by atoms with E-state index in [-0.39, 0.29) is 37.8 Å². The van der Waals surface area contributed by atoms with E-state index in [9.17, 15) is 19.2 Å². The van der Waals surface area contributed by atoms with Gasteiger partial charge in [0.25, 0.3) is 17.7 Å². The minimum atomic E-state index is -0.472. The number of carbonyl (C=O) groups excluding carboxylic acids is 4. The molecule has 203 valence electrons. The SMILES string of the molecule is O=C1c2cccc3cccc(c23)C(=O)N1c1ccccc1C(=O)N(C(=O)NC1CCCCC1)C1CCCCC1.[B]. The Morgan fingerprint density at radius 2 is 1.30 bits per heavy atom. The number of nitrogens with one attached hydrogen (secondary N) is 1. The van der Waals surface area contributed by atoms with E-state index in [0.29, 0.717) is 16.5 Å². The molecule has 6 rings (SSSR count). The second-order valence-electron chi connectivity index (χ2n) is 10.9. The van der Waals surface area contributed by atoms with Gasteiger partial charge in [0, 0.05) is 37.0 Å². The molecule has 2 fully saturated rings. The average molecular weight is 534 g/mol. The minimum absolute atomic E-state index is 0. The van der Waals surface area contributed by atoms with Crippen molar-refractivity contribution in [3.63, 3.8) is 0 Å². The van der Waals surface area contributed by atoms with Crippen molar-refractivity contribution in [1.29, 1.82) is 0 Å². The summed E-state index contributed by atoms with van der Waals surface area (Å²) in [6.07, 6.45) is 9.63. The normalized spacial score (nSPS) is 17.9. The fraction of sp³-hybridized carbons (Fsp3) is 0.375. The van der Waals surface area contributed by atoms with Gasteiger partial charge in [-0.3, -0.25) is 19.3 Å². The molecule has 1 heterocycles. The summed E-state index contributed by atoms with van der Waals surface area (Å²) in [4.78, 5) is 57.9. The summed E-state index contributed by atoms with van der Waals surface area (Å²) in [7, 11) is 0. The first-order valence-corrected chi connectivity index (χ1v) is 14.2. The summed E-state index contributed by atoms with van der Waals surface area (Å²) in [5.74, 6) is -1.41. The summed E-state index contributed by atoms with van der Waals surface area (Å²) in [6, 6.07) is 16.9. The maximum atomic E-state index is 14.3. The van der Waals surface area contributed by atoms with E-state index >= 15 is 0 Å². The van der Waals surface area contributed by atoms with Crippen LogP contribution < -0.4 is 10.2 Å². The van der Waals surface area contributed by atoms with E-state index in [0.717, 1.165) is 68.1 Å². The number of rotatable bonds is 4. The van der Waals surface area contributed by atoms with Gasteiger partial charge in [0.1, 0.15) is 0 Å². The smallest absolute Gasteiger partial charge is 0.324 e. The number of benzene rings is 3. The highest BCUT2D eigenvalue weighted by molar-refractivity contribution is 6.36. The summed E-state index contributed by atoms with van der Waals surface area (Å²) >= 11 is 0. The molecule has 0 saturated heterocycles. The van der Waals surface area contributed by atoms with Crippen molar-refractivity contribution in [1.82, 2.24) is 10.2 Å². The first-order valence-electron chi connectivity index (χ1n) is 14.2. The van der Waals surface area contributed by atoms with Gasteiger partial charge in [0.05, 0.1) is 11.3 Å². The molecule has 3 radical (unpaired) electrons. The topological polar surface area (TPSA) is 86.8 Å². The molecule has 40 heavy (non-hydrogen) atoms. The van der Waals surface area contributed by atoms with Gasteiger partial charge in [0.2, 0.25) is 0 Å². The van der Waals surface area contributed by atoms with Crippen molar-refractivity contribution in [2.24, 2.45) is 0 Å². The van der Waals surface area contributed by atoms with E-state index in [2.05, 4.69) is 5.32 Å². The third-order valence-electron chi connectivity index (χ3n) is 8.46. The number of nitrogens with zero attached hydrogens (tertiary/aromatic N) is 2. The predicted octanol–water partition coefficient (Wildman–Crippen LogP) is 6.08. The van der Waals surface area contributed by atoms with Crippen LogP contribution in [-0.2, 0) is 0 Å². The van der Waals surface area contributed by atoms with Crippen LogP contribution >= 0.6 is 0 Å². The number of imide groups is 2. The fourth-order valence-corrected chi connectivity index (χ4v) is 6.48. The number of amides is 5. The summed E-state index contributed by atoms with van der Waals surface area (Å²) in [5, 5.41) is 4.58. The highest BCUT2D eigenvalue weighted by Crippen LogP contribution is 2.35. The van der Waals surface area contributed by atoms with Crippen LogP contribution in [-0.4, -0.2) is 49.1 Å². The molecule has 8 heteroatoms. The average Bonchev–Trinajstić information content (AvgIpc) is 2.97. The summed E-state index contributed by atoms with van der Waals surface area (Å²) in [5.41, 5.74) is 1.22. The first kappa shape index (κ1) is 27.6. The van der Waals surface area contributed by atoms with Gasteiger partial charge in [-0.1, -0.05) is 74.9 Å². The van der Waals surface area contributed by atoms with Gasteiger partial charge in [-0.25, -0.2) is 9.69 Å². The summed E-state index contributed by atoms with van der Waals surface area (Å²) in [6.45, 7) is 0. The van der Waals surface area contributed by atoms with E-state index in [1.807, 2.05) is 12.1 Å². The van der Waals surface area contributed by atoms with E-state index in [1.165, 1.54) is 11.3 Å². The van der Waals surface area contributed by atoms with E-state index in [1.54, 1.807) is 48.5 Å². The second kappa shape index (κ2) is 11.7. The Kier molecular flexibility index (Phi) is 8.06. The molecule has 7 nitrogen and oxygen atoms in total. The zero-order valence-corrected chi connectivity index (χ0v) is 22.6. The van der Waals surface area contributed by atoms with Crippen LogP contribution in [0.25, 0.3) is 10.8 Å². The van der Waals surface area contributed by atoms with Gasteiger partial charge in [-0.2, -0.15) is 0 Å². The van der Waals surface area contributed by atoms with Crippen LogP contribution in [0.3, 0.4) is 0 Å². The Morgan fingerprint density at radius 1 is 0.725 bits per heavy atom. The lowest BCUT2D eigenvalue weighted by atomic mass is 9.92. The Morgan fingerprint density at radius 3 is 1.93 bits per heavy atom. The molecule has 1 N–H and O–H groups in total. The standard InChI is InChI=1S/C32H33N3O4.B/c36-29(34(23-15-5-2-6-16-23)32(39)33-22-13-3-1-4-14-22)24-17-7-8-20-27(24)35-30(37)25-18-9-11-21-12-10-19-26(28(21)25)31(35)38;/h7-12,17-20,22-23H,1-6,13-16H2,(H,33,39);. The van der Waals surface area contributed by atoms with Crippen molar-refractivity contribution < 1.29 is 19.2 Å². The Hall–Kier alpha value is -3.94. The molecule has 0 atom stereocenters. The minimum Gasteiger partial charge on any atom is -0.335 e. The maximum absolute atomic E-state index is 14.3. The molecule has 0 aromatic heterocycles. The van der Waals surface area contributed by atoms with Gasteiger partial charge >= 0.3 is 6.03 Å². The predicted molar refractivity (Wildman–Crippen MR) is 156 cm³/mol. The Balaban J connectivity index is 0.00000323. The van der Waals surface area contributed by atoms with Crippen LogP contribution in [0.1, 0.15) is 95.3 Å². The van der Waals surface area contributed by atoms with Crippen LogP contribution in [0.2, 0.25) is 0 Å². The van der Waals surface area contributed by atoms with Crippen molar-refractivity contribution in [2.75, 3.05) is 4.90 Å². The van der Waals surface area contributed by atoms with Crippen molar-refractivity contribution in [3.05, 3.63) is 77.4 Å². The highest BCUT2D eigenvalue weighted by Gasteiger charge is 2.39. The zero-order chi connectivity index (χ0) is 26.9. The number of urea groups is 1.